The Morgan fingerprint density at radius 3 is 2.61 bits per heavy atom. The smallest absolute Gasteiger partial charge is 0.326 e. The molecule has 0 radical (unpaired) electrons. The van der Waals surface area contributed by atoms with Gasteiger partial charge in [0.1, 0.15) is 0 Å². The quantitative estimate of drug-likeness (QED) is 0.484. The second kappa shape index (κ2) is 6.85. The number of Topliss-reactive ketones (excluding diaryl/α,β-unsaturated/α-hetero) is 1. The maximum atomic E-state index is 12.8. The van der Waals surface area contributed by atoms with Crippen LogP contribution in [0.4, 0.5) is 10.5 Å². The van der Waals surface area contributed by atoms with Crippen molar-refractivity contribution < 1.29 is 24.0 Å². The van der Waals surface area contributed by atoms with Gasteiger partial charge in [0.15, 0.2) is 5.78 Å². The second-order valence-electron chi connectivity index (χ2n) is 7.70. The third kappa shape index (κ3) is 2.98. The zero-order valence-corrected chi connectivity index (χ0v) is 15.6. The standard InChI is InChI=1S/C20H21N3O5/c1-11-4-2-3-5-15(11)23-19(27)18(26)22(20(23)28)10-16(24)12-6-7-14-13(8-12)9-17(25)21-14/h6-8,11,15H,2-5,9-10H2,1H3,(H,21,25)/t11-,15-/m1/s1. The van der Waals surface area contributed by atoms with Crippen LogP contribution < -0.4 is 5.32 Å². The van der Waals surface area contributed by atoms with Gasteiger partial charge >= 0.3 is 17.8 Å². The molecular formula is C20H21N3O5. The minimum atomic E-state index is -0.950. The molecule has 1 saturated carbocycles. The predicted molar refractivity (Wildman–Crippen MR) is 98.5 cm³/mol. The molecule has 28 heavy (non-hydrogen) atoms. The molecule has 5 amide bonds. The van der Waals surface area contributed by atoms with E-state index in [9.17, 15) is 24.0 Å². The summed E-state index contributed by atoms with van der Waals surface area (Å²) in [5.74, 6) is -2.26. The van der Waals surface area contributed by atoms with E-state index in [1.54, 1.807) is 18.2 Å². The summed E-state index contributed by atoms with van der Waals surface area (Å²) in [6, 6.07) is 3.75. The Morgan fingerprint density at radius 2 is 1.86 bits per heavy atom. The highest BCUT2D eigenvalue weighted by Gasteiger charge is 2.49. The molecule has 0 aromatic heterocycles. The Morgan fingerprint density at radius 1 is 1.11 bits per heavy atom. The van der Waals surface area contributed by atoms with E-state index in [0.29, 0.717) is 23.2 Å². The fraction of sp³-hybridized carbons (Fsp3) is 0.450. The lowest BCUT2D eigenvalue weighted by Crippen LogP contribution is -2.46. The van der Waals surface area contributed by atoms with E-state index in [2.05, 4.69) is 5.32 Å². The Kier molecular flexibility index (Phi) is 4.49. The van der Waals surface area contributed by atoms with Gasteiger partial charge in [0.2, 0.25) is 5.91 Å². The number of urea groups is 1. The molecule has 1 saturated heterocycles. The van der Waals surface area contributed by atoms with Crippen molar-refractivity contribution >= 4 is 35.2 Å². The summed E-state index contributed by atoms with van der Waals surface area (Å²) >= 11 is 0. The van der Waals surface area contributed by atoms with Crippen LogP contribution in [0.2, 0.25) is 0 Å². The zero-order chi connectivity index (χ0) is 20.0. The lowest BCUT2D eigenvalue weighted by Gasteiger charge is -2.34. The number of fused-ring (bicyclic) bond motifs is 1. The largest absolute Gasteiger partial charge is 0.334 e. The summed E-state index contributed by atoms with van der Waals surface area (Å²) in [4.78, 5) is 63.5. The maximum absolute atomic E-state index is 12.8. The van der Waals surface area contributed by atoms with Gasteiger partial charge in [-0.15, -0.1) is 0 Å². The van der Waals surface area contributed by atoms with Gasteiger partial charge < -0.3 is 5.32 Å². The molecule has 0 unspecified atom stereocenters. The predicted octanol–water partition coefficient (Wildman–Crippen LogP) is 1.73. The third-order valence-electron chi connectivity index (χ3n) is 5.84. The van der Waals surface area contributed by atoms with Crippen molar-refractivity contribution in [1.29, 1.82) is 0 Å². The van der Waals surface area contributed by atoms with Crippen LogP contribution in [0.3, 0.4) is 0 Å². The highest BCUT2D eigenvalue weighted by Crippen LogP contribution is 2.31. The van der Waals surface area contributed by atoms with Crippen LogP contribution in [0.5, 0.6) is 0 Å². The Bertz CT molecular complexity index is 909. The number of ketones is 1. The number of hydrogen-bond donors (Lipinski definition) is 1. The zero-order valence-electron chi connectivity index (χ0n) is 15.6. The number of nitrogens with zero attached hydrogens (tertiary/aromatic N) is 2. The number of benzene rings is 1. The molecule has 1 aromatic rings. The van der Waals surface area contributed by atoms with Gasteiger partial charge in [-0.2, -0.15) is 0 Å². The molecule has 3 aliphatic rings. The molecule has 4 rings (SSSR count). The number of imide groups is 2. The van der Waals surface area contributed by atoms with Crippen LogP contribution in [0.25, 0.3) is 0 Å². The molecule has 1 aromatic carbocycles. The Hall–Kier alpha value is -3.03. The van der Waals surface area contributed by atoms with Crippen molar-refractivity contribution in [3.63, 3.8) is 0 Å². The number of carbonyl (C=O) groups excluding carboxylic acids is 5. The van der Waals surface area contributed by atoms with Crippen molar-refractivity contribution in [2.75, 3.05) is 11.9 Å². The average molecular weight is 383 g/mol. The monoisotopic (exact) mass is 383 g/mol. The van der Waals surface area contributed by atoms with Crippen LogP contribution in [0.15, 0.2) is 18.2 Å². The molecule has 146 valence electrons. The topological polar surface area (TPSA) is 104 Å². The van der Waals surface area contributed by atoms with E-state index in [1.165, 1.54) is 0 Å². The van der Waals surface area contributed by atoms with Crippen molar-refractivity contribution in [1.82, 2.24) is 9.80 Å². The van der Waals surface area contributed by atoms with Crippen LogP contribution in [0.1, 0.15) is 48.5 Å². The van der Waals surface area contributed by atoms with Crippen molar-refractivity contribution in [2.24, 2.45) is 5.92 Å². The molecule has 8 nitrogen and oxygen atoms in total. The number of rotatable bonds is 4. The molecule has 2 atom stereocenters. The van der Waals surface area contributed by atoms with Gasteiger partial charge in [-0.1, -0.05) is 19.8 Å². The maximum Gasteiger partial charge on any atom is 0.334 e. The van der Waals surface area contributed by atoms with Crippen LogP contribution in [-0.2, 0) is 20.8 Å². The first-order valence-corrected chi connectivity index (χ1v) is 9.52. The first-order chi connectivity index (χ1) is 13.4. The van der Waals surface area contributed by atoms with E-state index < -0.39 is 30.2 Å². The van der Waals surface area contributed by atoms with Gasteiger partial charge in [-0.25, -0.2) is 9.69 Å². The summed E-state index contributed by atoms with van der Waals surface area (Å²) in [7, 11) is 0. The molecule has 0 bridgehead atoms. The normalized spacial score (nSPS) is 24.6. The summed E-state index contributed by atoms with van der Waals surface area (Å²) in [5, 5.41) is 2.68. The number of nitrogens with one attached hydrogen (secondary N) is 1. The lowest BCUT2D eigenvalue weighted by molar-refractivity contribution is -0.144. The van der Waals surface area contributed by atoms with Gasteiger partial charge in [0.25, 0.3) is 0 Å². The molecule has 1 aliphatic carbocycles. The highest BCUT2D eigenvalue weighted by atomic mass is 16.2. The van der Waals surface area contributed by atoms with Gasteiger partial charge in [-0.05, 0) is 42.5 Å². The van der Waals surface area contributed by atoms with Crippen molar-refractivity contribution in [2.45, 2.75) is 45.1 Å². The summed E-state index contributed by atoms with van der Waals surface area (Å²) in [6.07, 6.45) is 3.71. The van der Waals surface area contributed by atoms with E-state index >= 15 is 0 Å². The van der Waals surface area contributed by atoms with E-state index in [-0.39, 0.29) is 24.3 Å². The fourth-order valence-electron chi connectivity index (χ4n) is 4.27. The first-order valence-electron chi connectivity index (χ1n) is 9.52. The minimum absolute atomic E-state index is 0.131. The van der Waals surface area contributed by atoms with Crippen LogP contribution >= 0.6 is 0 Å². The van der Waals surface area contributed by atoms with E-state index in [4.69, 9.17) is 0 Å². The van der Waals surface area contributed by atoms with Gasteiger partial charge in [0.05, 0.1) is 13.0 Å². The SMILES string of the molecule is C[C@@H]1CCCC[C@H]1N1C(=O)C(=O)N(CC(=O)c2ccc3c(c2)CC(=O)N3)C1=O. The van der Waals surface area contributed by atoms with Crippen molar-refractivity contribution in [3.8, 4) is 0 Å². The molecule has 8 heteroatoms. The minimum Gasteiger partial charge on any atom is -0.326 e. The third-order valence-corrected chi connectivity index (χ3v) is 5.84. The molecule has 2 heterocycles. The highest BCUT2D eigenvalue weighted by molar-refractivity contribution is 6.45. The first kappa shape index (κ1) is 18.3. The average Bonchev–Trinajstić information content (AvgIpc) is 3.14. The number of carbonyl (C=O) groups is 5. The second-order valence-corrected chi connectivity index (χ2v) is 7.70. The molecule has 0 spiro atoms. The molecule has 2 fully saturated rings. The summed E-state index contributed by atoms with van der Waals surface area (Å²) in [6.45, 7) is 1.49. The molecule has 1 N–H and O–H groups in total. The Labute approximate surface area is 161 Å². The lowest BCUT2D eigenvalue weighted by atomic mass is 9.85. The van der Waals surface area contributed by atoms with Gasteiger partial charge in [-0.3, -0.25) is 24.1 Å². The van der Waals surface area contributed by atoms with E-state index in [0.717, 1.165) is 29.1 Å². The summed E-state index contributed by atoms with van der Waals surface area (Å²) in [5.41, 5.74) is 1.65. The number of amides is 5. The molecular weight excluding hydrogens is 362 g/mol. The number of anilines is 1. The van der Waals surface area contributed by atoms with Gasteiger partial charge in [0, 0.05) is 17.3 Å². The van der Waals surface area contributed by atoms with Crippen molar-refractivity contribution in [3.05, 3.63) is 29.3 Å². The van der Waals surface area contributed by atoms with E-state index in [1.807, 2.05) is 6.92 Å². The number of hydrogen-bond acceptors (Lipinski definition) is 5. The summed E-state index contributed by atoms with van der Waals surface area (Å²) < 4.78 is 0. The van der Waals surface area contributed by atoms with Crippen LogP contribution in [0, 0.1) is 5.92 Å². The fourth-order valence-corrected chi connectivity index (χ4v) is 4.27. The van der Waals surface area contributed by atoms with Crippen LogP contribution in [-0.4, -0.2) is 51.9 Å². The Balaban J connectivity index is 1.52. The molecule has 2 aliphatic heterocycles.